The van der Waals surface area contributed by atoms with Gasteiger partial charge in [-0.15, -0.1) is 0 Å². The maximum atomic E-state index is 13.2. The predicted octanol–water partition coefficient (Wildman–Crippen LogP) is 4.64. The normalized spacial score (nSPS) is 18.4. The van der Waals surface area contributed by atoms with Crippen molar-refractivity contribution in [3.8, 4) is 0 Å². The zero-order valence-electron chi connectivity index (χ0n) is 19.9. The molecule has 35 heavy (non-hydrogen) atoms. The fraction of sp³-hybridized carbons (Fsp3) is 0.360. The Balaban J connectivity index is 1.39. The van der Waals surface area contributed by atoms with E-state index in [0.717, 1.165) is 32.2 Å². The fourth-order valence-electron chi connectivity index (χ4n) is 4.30. The molecule has 10 heteroatoms. The Morgan fingerprint density at radius 2 is 1.57 bits per heavy atom. The Kier molecular flexibility index (Phi) is 7.94. The molecule has 1 heterocycles. The molecule has 2 aromatic carbocycles. The van der Waals surface area contributed by atoms with E-state index in [1.54, 1.807) is 55.7 Å². The summed E-state index contributed by atoms with van der Waals surface area (Å²) in [5.41, 5.74) is 1.36. The molecule has 3 aromatic rings. The van der Waals surface area contributed by atoms with Crippen molar-refractivity contribution in [2.24, 2.45) is 0 Å². The summed E-state index contributed by atoms with van der Waals surface area (Å²) >= 11 is 0. The molecule has 0 bridgehead atoms. The summed E-state index contributed by atoms with van der Waals surface area (Å²) in [6.07, 6.45) is 5.27. The van der Waals surface area contributed by atoms with Crippen molar-refractivity contribution in [3.63, 3.8) is 0 Å². The first-order chi connectivity index (χ1) is 16.8. The van der Waals surface area contributed by atoms with Crippen molar-refractivity contribution >= 4 is 33.2 Å². The Hall–Kier alpha value is -3.08. The molecule has 3 N–H and O–H groups in total. The van der Waals surface area contributed by atoms with E-state index in [0.29, 0.717) is 29.2 Å². The fourth-order valence-corrected chi connectivity index (χ4v) is 5.72. The number of aromatic nitrogens is 2. The third-order valence-corrected chi connectivity index (χ3v) is 8.19. The minimum atomic E-state index is -3.59. The van der Waals surface area contributed by atoms with Crippen LogP contribution in [0.2, 0.25) is 0 Å². The zero-order valence-corrected chi connectivity index (χ0v) is 20.7. The van der Waals surface area contributed by atoms with Crippen LogP contribution in [0.4, 0.5) is 27.5 Å². The molecule has 0 spiro atoms. The summed E-state index contributed by atoms with van der Waals surface area (Å²) in [5, 5.41) is 9.64. The SMILES string of the molecule is CCN[C@H]1CC[C@H](N(C)S(=O)(=O)c2ccc(Nc3nccc(Nc4ccc(F)cc4)n3)cc2)CC1. The van der Waals surface area contributed by atoms with Gasteiger partial charge in [-0.05, 0) is 86.8 Å². The van der Waals surface area contributed by atoms with Crippen LogP contribution in [0.15, 0.2) is 65.7 Å². The molecule has 186 valence electrons. The van der Waals surface area contributed by atoms with E-state index in [2.05, 4.69) is 32.8 Å². The molecule has 0 unspecified atom stereocenters. The highest BCUT2D eigenvalue weighted by molar-refractivity contribution is 7.89. The number of benzene rings is 2. The molecular weight excluding hydrogens is 467 g/mol. The van der Waals surface area contributed by atoms with Crippen LogP contribution < -0.4 is 16.0 Å². The van der Waals surface area contributed by atoms with Gasteiger partial charge in [0.15, 0.2) is 0 Å². The monoisotopic (exact) mass is 498 g/mol. The van der Waals surface area contributed by atoms with Crippen LogP contribution in [0.1, 0.15) is 32.6 Å². The predicted molar refractivity (Wildman–Crippen MR) is 136 cm³/mol. The number of hydrogen-bond donors (Lipinski definition) is 3. The van der Waals surface area contributed by atoms with Gasteiger partial charge in [0.1, 0.15) is 11.6 Å². The molecule has 0 amide bonds. The molecule has 1 aliphatic carbocycles. The van der Waals surface area contributed by atoms with Crippen molar-refractivity contribution in [2.45, 2.75) is 49.6 Å². The van der Waals surface area contributed by atoms with Crippen molar-refractivity contribution in [1.29, 1.82) is 0 Å². The Labute approximate surface area is 206 Å². The largest absolute Gasteiger partial charge is 0.340 e. The van der Waals surface area contributed by atoms with Gasteiger partial charge in [-0.25, -0.2) is 17.8 Å². The molecule has 1 aromatic heterocycles. The van der Waals surface area contributed by atoms with Crippen LogP contribution in [-0.2, 0) is 10.0 Å². The third-order valence-electron chi connectivity index (χ3n) is 6.26. The molecule has 1 saturated carbocycles. The maximum Gasteiger partial charge on any atom is 0.243 e. The van der Waals surface area contributed by atoms with Gasteiger partial charge in [0.25, 0.3) is 0 Å². The first-order valence-corrected chi connectivity index (χ1v) is 13.2. The average Bonchev–Trinajstić information content (AvgIpc) is 2.86. The van der Waals surface area contributed by atoms with E-state index >= 15 is 0 Å². The highest BCUT2D eigenvalue weighted by atomic mass is 32.2. The minimum Gasteiger partial charge on any atom is -0.340 e. The standard InChI is InChI=1S/C25H31FN6O2S/c1-3-27-19-8-12-22(13-9-19)32(2)35(33,34)23-14-10-21(11-15-23)30-25-28-17-16-24(31-25)29-20-6-4-18(26)5-7-20/h4-7,10-11,14-17,19,22,27H,3,8-9,12-13H2,1-2H3,(H2,28,29,30,31)/t19-,22-. The molecule has 0 saturated heterocycles. The second-order valence-corrected chi connectivity index (χ2v) is 10.6. The molecule has 4 rings (SSSR count). The summed E-state index contributed by atoms with van der Waals surface area (Å²) in [7, 11) is -1.91. The smallest absolute Gasteiger partial charge is 0.243 e. The van der Waals surface area contributed by atoms with Gasteiger partial charge in [0.2, 0.25) is 16.0 Å². The molecule has 0 radical (unpaired) electrons. The van der Waals surface area contributed by atoms with Crippen LogP contribution in [0.25, 0.3) is 0 Å². The van der Waals surface area contributed by atoms with E-state index in [-0.39, 0.29) is 16.8 Å². The zero-order chi connectivity index (χ0) is 24.8. The van der Waals surface area contributed by atoms with E-state index in [1.165, 1.54) is 16.4 Å². The number of anilines is 4. The highest BCUT2D eigenvalue weighted by Gasteiger charge is 2.31. The first-order valence-electron chi connectivity index (χ1n) is 11.8. The maximum absolute atomic E-state index is 13.2. The summed E-state index contributed by atoms with van der Waals surface area (Å²) in [5.74, 6) is 0.579. The molecule has 8 nitrogen and oxygen atoms in total. The lowest BCUT2D eigenvalue weighted by atomic mass is 9.91. The number of rotatable bonds is 9. The lowest BCUT2D eigenvalue weighted by molar-refractivity contribution is 0.251. The lowest BCUT2D eigenvalue weighted by Gasteiger charge is -2.34. The van der Waals surface area contributed by atoms with Crippen molar-refractivity contribution in [2.75, 3.05) is 24.2 Å². The van der Waals surface area contributed by atoms with Gasteiger partial charge in [-0.2, -0.15) is 9.29 Å². The van der Waals surface area contributed by atoms with Crippen LogP contribution in [0.5, 0.6) is 0 Å². The molecule has 0 atom stereocenters. The Morgan fingerprint density at radius 1 is 0.943 bits per heavy atom. The highest BCUT2D eigenvalue weighted by Crippen LogP contribution is 2.28. The summed E-state index contributed by atoms with van der Waals surface area (Å²) in [6, 6.07) is 14.8. The van der Waals surface area contributed by atoms with Crippen molar-refractivity contribution in [3.05, 3.63) is 66.6 Å². The topological polar surface area (TPSA) is 99.3 Å². The van der Waals surface area contributed by atoms with Gasteiger partial charge in [0.05, 0.1) is 4.90 Å². The number of hydrogen-bond acceptors (Lipinski definition) is 7. The molecular formula is C25H31FN6O2S. The Bertz CT molecular complexity index is 1210. The van der Waals surface area contributed by atoms with Gasteiger partial charge in [-0.1, -0.05) is 6.92 Å². The van der Waals surface area contributed by atoms with Crippen LogP contribution in [-0.4, -0.2) is 48.4 Å². The van der Waals surface area contributed by atoms with E-state index in [4.69, 9.17) is 0 Å². The second kappa shape index (κ2) is 11.1. The number of sulfonamides is 1. The summed E-state index contributed by atoms with van der Waals surface area (Å²) in [4.78, 5) is 8.88. The Morgan fingerprint density at radius 3 is 2.23 bits per heavy atom. The quantitative estimate of drug-likeness (QED) is 0.395. The number of nitrogens with zero attached hydrogens (tertiary/aromatic N) is 3. The molecule has 1 fully saturated rings. The lowest BCUT2D eigenvalue weighted by Crippen LogP contribution is -2.43. The van der Waals surface area contributed by atoms with E-state index in [9.17, 15) is 12.8 Å². The van der Waals surface area contributed by atoms with Crippen LogP contribution in [0.3, 0.4) is 0 Å². The van der Waals surface area contributed by atoms with E-state index < -0.39 is 10.0 Å². The summed E-state index contributed by atoms with van der Waals surface area (Å²) < 4.78 is 41.0. The van der Waals surface area contributed by atoms with Gasteiger partial charge >= 0.3 is 0 Å². The van der Waals surface area contributed by atoms with Gasteiger partial charge in [0, 0.05) is 36.7 Å². The van der Waals surface area contributed by atoms with Crippen molar-refractivity contribution in [1.82, 2.24) is 19.6 Å². The first kappa shape index (κ1) is 25.0. The van der Waals surface area contributed by atoms with Crippen LogP contribution in [0, 0.1) is 5.82 Å². The van der Waals surface area contributed by atoms with Gasteiger partial charge < -0.3 is 16.0 Å². The third kappa shape index (κ3) is 6.33. The van der Waals surface area contributed by atoms with Crippen molar-refractivity contribution < 1.29 is 12.8 Å². The minimum absolute atomic E-state index is 0.0115. The number of halogens is 1. The number of nitrogens with one attached hydrogen (secondary N) is 3. The second-order valence-electron chi connectivity index (χ2n) is 8.63. The van der Waals surface area contributed by atoms with Gasteiger partial charge in [-0.3, -0.25) is 0 Å². The summed E-state index contributed by atoms with van der Waals surface area (Å²) in [6.45, 7) is 3.03. The average molecular weight is 499 g/mol. The van der Waals surface area contributed by atoms with E-state index in [1.807, 2.05) is 0 Å². The molecule has 0 aliphatic heterocycles. The van der Waals surface area contributed by atoms with Crippen LogP contribution >= 0.6 is 0 Å². The molecule has 1 aliphatic rings.